The highest BCUT2D eigenvalue weighted by Gasteiger charge is 2.05. The van der Waals surface area contributed by atoms with Crippen molar-refractivity contribution in [1.29, 1.82) is 0 Å². The minimum atomic E-state index is 0.367. The van der Waals surface area contributed by atoms with Crippen molar-refractivity contribution in [3.8, 4) is 5.75 Å². The van der Waals surface area contributed by atoms with Crippen LogP contribution in [0.1, 0.15) is 38.8 Å². The van der Waals surface area contributed by atoms with E-state index in [0.717, 1.165) is 51.5 Å². The summed E-state index contributed by atoms with van der Waals surface area (Å²) in [5.74, 6) is 0.966. The molecule has 4 nitrogen and oxygen atoms in total. The average molecular weight is 322 g/mol. The van der Waals surface area contributed by atoms with Gasteiger partial charge in [-0.2, -0.15) is 0 Å². The molecule has 0 amide bonds. The second-order valence-corrected chi connectivity index (χ2v) is 6.28. The second kappa shape index (κ2) is 11.4. The first-order valence-electron chi connectivity index (χ1n) is 8.90. The Labute approximate surface area is 142 Å². The summed E-state index contributed by atoms with van der Waals surface area (Å²) in [6.45, 7) is 12.8. The number of hydrogen-bond donors (Lipinski definition) is 1. The second-order valence-electron chi connectivity index (χ2n) is 6.28. The van der Waals surface area contributed by atoms with Crippen LogP contribution in [-0.4, -0.2) is 63.2 Å². The number of rotatable bonds is 12. The molecule has 1 atom stereocenters. The Balaban J connectivity index is 2.29. The van der Waals surface area contributed by atoms with Crippen molar-refractivity contribution < 1.29 is 4.74 Å². The van der Waals surface area contributed by atoms with Gasteiger partial charge in [0.15, 0.2) is 0 Å². The summed E-state index contributed by atoms with van der Waals surface area (Å²) in [5, 5.41) is 3.54. The molecule has 0 saturated heterocycles. The van der Waals surface area contributed by atoms with Crippen molar-refractivity contribution in [3.05, 3.63) is 29.8 Å². The summed E-state index contributed by atoms with van der Waals surface area (Å²) in [6, 6.07) is 8.85. The van der Waals surface area contributed by atoms with Gasteiger partial charge in [0.05, 0.1) is 6.61 Å². The van der Waals surface area contributed by atoms with Crippen LogP contribution in [0.25, 0.3) is 0 Å². The molecule has 0 fully saturated rings. The average Bonchev–Trinajstić information content (AvgIpc) is 2.55. The van der Waals surface area contributed by atoms with Crippen LogP contribution >= 0.6 is 0 Å². The van der Waals surface area contributed by atoms with E-state index in [9.17, 15) is 0 Å². The lowest BCUT2D eigenvalue weighted by molar-refractivity contribution is 0.249. The van der Waals surface area contributed by atoms with E-state index in [2.05, 4.69) is 74.2 Å². The fourth-order valence-corrected chi connectivity index (χ4v) is 2.49. The van der Waals surface area contributed by atoms with Crippen molar-refractivity contribution in [2.45, 2.75) is 33.2 Å². The maximum atomic E-state index is 5.84. The fraction of sp³-hybridized carbons (Fsp3) is 0.684. The van der Waals surface area contributed by atoms with Gasteiger partial charge in [-0.05, 0) is 58.2 Å². The fourth-order valence-electron chi connectivity index (χ4n) is 2.49. The molecule has 23 heavy (non-hydrogen) atoms. The van der Waals surface area contributed by atoms with Crippen molar-refractivity contribution in [2.75, 3.05) is 53.4 Å². The topological polar surface area (TPSA) is 27.7 Å². The highest BCUT2D eigenvalue weighted by Crippen LogP contribution is 2.17. The number of ether oxygens (including phenoxy) is 1. The maximum absolute atomic E-state index is 5.84. The third-order valence-corrected chi connectivity index (χ3v) is 4.17. The van der Waals surface area contributed by atoms with Crippen LogP contribution in [0.3, 0.4) is 0 Å². The quantitative estimate of drug-likeness (QED) is 0.599. The third kappa shape index (κ3) is 8.35. The third-order valence-electron chi connectivity index (χ3n) is 4.17. The van der Waals surface area contributed by atoms with Crippen LogP contribution in [-0.2, 0) is 0 Å². The van der Waals surface area contributed by atoms with Crippen LogP contribution in [0.4, 0.5) is 0 Å². The Bertz CT molecular complexity index is 402. The molecule has 4 heteroatoms. The largest absolute Gasteiger partial charge is 0.494 e. The zero-order valence-electron chi connectivity index (χ0n) is 15.6. The molecule has 0 aliphatic heterocycles. The molecular formula is C19H35N3O. The van der Waals surface area contributed by atoms with Crippen molar-refractivity contribution in [1.82, 2.24) is 15.1 Å². The molecule has 0 bridgehead atoms. The van der Waals surface area contributed by atoms with E-state index >= 15 is 0 Å². The molecule has 0 unspecified atom stereocenters. The zero-order chi connectivity index (χ0) is 17.1. The van der Waals surface area contributed by atoms with E-state index in [-0.39, 0.29) is 0 Å². The summed E-state index contributed by atoms with van der Waals surface area (Å²) in [6.07, 6.45) is 1.08. The lowest BCUT2D eigenvalue weighted by atomic mass is 10.1. The molecule has 0 heterocycles. The van der Waals surface area contributed by atoms with Crippen molar-refractivity contribution >= 4 is 0 Å². The van der Waals surface area contributed by atoms with Gasteiger partial charge in [0.1, 0.15) is 5.75 Å². The molecule has 132 valence electrons. The summed E-state index contributed by atoms with van der Waals surface area (Å²) in [4.78, 5) is 4.61. The monoisotopic (exact) mass is 321 g/mol. The Morgan fingerprint density at radius 3 is 2.26 bits per heavy atom. The lowest BCUT2D eigenvalue weighted by Gasteiger charge is -2.18. The van der Waals surface area contributed by atoms with Gasteiger partial charge >= 0.3 is 0 Å². The normalized spacial score (nSPS) is 12.8. The molecular weight excluding hydrogens is 286 g/mol. The number of benzene rings is 1. The molecule has 1 aromatic rings. The summed E-state index contributed by atoms with van der Waals surface area (Å²) >= 11 is 0. The predicted molar refractivity (Wildman–Crippen MR) is 99.3 cm³/mol. The smallest absolute Gasteiger partial charge is 0.119 e. The van der Waals surface area contributed by atoms with E-state index in [1.54, 1.807) is 0 Å². The van der Waals surface area contributed by atoms with Crippen LogP contribution in [0.5, 0.6) is 5.75 Å². The Kier molecular flexibility index (Phi) is 9.92. The van der Waals surface area contributed by atoms with Gasteiger partial charge < -0.3 is 19.9 Å². The first-order chi connectivity index (χ1) is 11.1. The number of nitrogens with one attached hydrogen (secondary N) is 1. The number of hydrogen-bond acceptors (Lipinski definition) is 4. The van der Waals surface area contributed by atoms with Crippen LogP contribution in [0.15, 0.2) is 24.3 Å². The molecule has 0 radical (unpaired) electrons. The molecule has 1 aromatic carbocycles. The Hall–Kier alpha value is -1.10. The van der Waals surface area contributed by atoms with Gasteiger partial charge in [0.25, 0.3) is 0 Å². The molecule has 0 aromatic heterocycles. The van der Waals surface area contributed by atoms with Gasteiger partial charge in [-0.15, -0.1) is 0 Å². The van der Waals surface area contributed by atoms with Crippen molar-refractivity contribution in [3.63, 3.8) is 0 Å². The predicted octanol–water partition coefficient (Wildman–Crippen LogP) is 3.01. The molecule has 0 aliphatic rings. The van der Waals surface area contributed by atoms with Crippen LogP contribution in [0, 0.1) is 0 Å². The summed E-state index contributed by atoms with van der Waals surface area (Å²) in [7, 11) is 4.19. The van der Waals surface area contributed by atoms with Crippen LogP contribution in [0.2, 0.25) is 0 Å². The highest BCUT2D eigenvalue weighted by atomic mass is 16.5. The van der Waals surface area contributed by atoms with E-state index < -0.39 is 0 Å². The molecule has 0 saturated carbocycles. The lowest BCUT2D eigenvalue weighted by Crippen LogP contribution is -2.28. The van der Waals surface area contributed by atoms with Crippen molar-refractivity contribution in [2.24, 2.45) is 0 Å². The van der Waals surface area contributed by atoms with Gasteiger partial charge in [-0.3, -0.25) is 0 Å². The van der Waals surface area contributed by atoms with E-state index in [4.69, 9.17) is 4.74 Å². The van der Waals surface area contributed by atoms with Crippen LogP contribution < -0.4 is 10.1 Å². The maximum Gasteiger partial charge on any atom is 0.119 e. The molecule has 0 aliphatic carbocycles. The first-order valence-corrected chi connectivity index (χ1v) is 8.90. The first kappa shape index (κ1) is 19.9. The Morgan fingerprint density at radius 1 is 1.04 bits per heavy atom. The van der Waals surface area contributed by atoms with Gasteiger partial charge in [0.2, 0.25) is 0 Å². The molecule has 1 rings (SSSR count). The molecule has 0 spiro atoms. The van der Waals surface area contributed by atoms with Gasteiger partial charge in [-0.25, -0.2) is 0 Å². The van der Waals surface area contributed by atoms with E-state index in [1.807, 2.05) is 0 Å². The zero-order valence-corrected chi connectivity index (χ0v) is 15.6. The molecule has 1 N–H and O–H groups in total. The summed E-state index contributed by atoms with van der Waals surface area (Å²) in [5.41, 5.74) is 1.30. The number of nitrogens with zero attached hydrogens (tertiary/aromatic N) is 2. The SMILES string of the molecule is CCN(CC)CCCOc1ccc([C@H](C)NCCN(C)C)cc1. The Morgan fingerprint density at radius 2 is 1.70 bits per heavy atom. The van der Waals surface area contributed by atoms with Gasteiger partial charge in [-0.1, -0.05) is 26.0 Å². The van der Waals surface area contributed by atoms with E-state index in [1.165, 1.54) is 5.56 Å². The number of likely N-dealkylation sites (N-methyl/N-ethyl adjacent to an activating group) is 1. The highest BCUT2D eigenvalue weighted by molar-refractivity contribution is 5.28. The minimum Gasteiger partial charge on any atom is -0.494 e. The minimum absolute atomic E-state index is 0.367. The standard InChI is InChI=1S/C19H35N3O/c1-6-22(7-2)14-8-16-23-19-11-9-18(10-12-19)17(3)20-13-15-21(4)5/h9-12,17,20H,6-8,13-16H2,1-5H3/t17-/m0/s1. The van der Waals surface area contributed by atoms with Gasteiger partial charge in [0, 0.05) is 25.7 Å². The van der Waals surface area contributed by atoms with E-state index in [0.29, 0.717) is 6.04 Å². The summed E-state index contributed by atoms with van der Waals surface area (Å²) < 4.78 is 5.84.